The predicted octanol–water partition coefficient (Wildman–Crippen LogP) is -22.4. The molecule has 0 aromatic heterocycles. The molecule has 34 N–H and O–H groups in total. The number of aliphatic hydroxyl groups excluding tert-OH is 29. The molecule has 128 heavy (non-hydrogen) atoms. The fourth-order valence-electron chi connectivity index (χ4n) is 16.1. The first-order valence-corrected chi connectivity index (χ1v) is 40.6. The minimum Gasteiger partial charge on any atom is -0.477 e. The molecular formula is C71H120N4O53. The van der Waals surface area contributed by atoms with Crippen LogP contribution in [0.3, 0.4) is 0 Å². The molecule has 742 valence electrons. The highest BCUT2D eigenvalue weighted by atomic mass is 16.8. The molecule has 0 aromatic rings. The molecule has 57 nitrogen and oxygen atoms in total. The third kappa shape index (κ3) is 24.1. The highest BCUT2D eigenvalue weighted by molar-refractivity contribution is 5.77. The molecule has 57 heteroatoms. The van der Waals surface area contributed by atoms with E-state index in [0.29, 0.717) is 0 Å². The molecule has 4 amide bonds. The number of carbonyl (C=O) groups excluding carboxylic acids is 4. The maximum absolute atomic E-state index is 13.2. The summed E-state index contributed by atoms with van der Waals surface area (Å²) in [6.45, 7) is -6.87. The molecule has 0 radical (unpaired) electrons. The van der Waals surface area contributed by atoms with Gasteiger partial charge in [0.05, 0.1) is 90.4 Å². The van der Waals surface area contributed by atoms with Crippen molar-refractivity contribution < 1.29 is 262 Å². The molecule has 9 aliphatic rings. The standard InChI is InChI=1S/C71H120N4O53/c1-17-36(91)44(99)49(104)64(113-17)111-15-25(90)54(37(92)22(7-76)72-18(2)84)121-62-34(74-20(4)86)42(97)56(29(12-81)116-62)123-68-53(108)60(41(96)32(120-68)16-112-65-51(106)47(102)57(30(13-82)118-65)124-66-50(105)45(100)39(94)26(9-78)114-66)125-69-61(46(101)40(95)27(10-79)115-69)126-63-35(75-21(5)87)43(98)55(28(11-80)117-63)122-67-52(107)48(103)58(31(14-83)119-67)127-71(70(109)110)6-23(88)33(73-19(3)85)59(128-71)38(93)24(89)8-77/h17,22-69,76-83,88-108H,6-16H2,1-5H3,(H,72,84)(H,73,85)(H,74,86)(H,75,87)(H,109,110)/t17-,22-,23-,24+,25+,26+,27+,28+,29+,30+,31+,32+,33+,34+,35+,36+,37+,38+,39+,40+,41+,42+,43+,44+,45-,46-,47+,48+,49-,50-,51-,52+,53-,54+,55+,56+,57+,58-,59+,60-,61-,62-,63-,64+,65-,66+,67-,68-,69+,71+/m0/s1. The Morgan fingerprint density at radius 1 is 0.375 bits per heavy atom. The van der Waals surface area contributed by atoms with E-state index in [4.69, 9.17) is 85.3 Å². The SMILES string of the molecule is CC(=O)N[C@H]1[C@H](O[C@@H]([C@H](O)[C@H](CO)NC(C)=O)[C@H](O)CO[C@@H]2O[C@@H](C)[C@@H](O)[C@@H](O)[C@@H]2O)O[C@H](CO)[C@@H](O[C@@H]2O[C@H](CO[C@H]3O[C@H](CO)[C@@H](O[C@H]4O[C@H](CO)[C@@H](O)[C@H](O)[C@@H]4O)[C@H](O)[C@@H]3O)[C@@H](O)[C@H](O[C@H]3O[C@H](CO)[C@@H](O)[C@H](O)[C@@H]3O[C@@H]3O[C@H](CO)[C@@H](O[C@@H]4O[C@H](CO)[C@H](O[C@]5(C(=O)O)C[C@H](O)[C@@H](NC(C)=O)[C@H]([C@H](O)[C@H](O)CO)O5)[C@H](O)[C@H]4O)[C@H](O)[C@H]3NC(C)=O)[C@@H]2O)[C@@H]1O. The van der Waals surface area contributed by atoms with E-state index >= 15 is 0 Å². The fraction of sp³-hybridized carbons (Fsp3) is 0.930. The molecule has 50 atom stereocenters. The van der Waals surface area contributed by atoms with Gasteiger partial charge in [-0.1, -0.05) is 0 Å². The summed E-state index contributed by atoms with van der Waals surface area (Å²) in [5, 5.41) is 343. The fourth-order valence-corrected chi connectivity index (χ4v) is 16.1. The van der Waals surface area contributed by atoms with Crippen LogP contribution in [0.25, 0.3) is 0 Å². The largest absolute Gasteiger partial charge is 0.477 e. The van der Waals surface area contributed by atoms with Crippen LogP contribution >= 0.6 is 0 Å². The molecular weight excluding hydrogens is 1760 g/mol. The zero-order chi connectivity index (χ0) is 95.0. The van der Waals surface area contributed by atoms with Crippen molar-refractivity contribution in [2.45, 2.75) is 347 Å². The Bertz CT molecular complexity index is 3470. The summed E-state index contributed by atoms with van der Waals surface area (Å²) in [5.41, 5.74) is 0. The van der Waals surface area contributed by atoms with E-state index in [1.54, 1.807) is 0 Å². The maximum atomic E-state index is 13.2. The molecule has 9 aliphatic heterocycles. The number of amides is 4. The van der Waals surface area contributed by atoms with Gasteiger partial charge in [-0.05, 0) is 6.92 Å². The lowest BCUT2D eigenvalue weighted by atomic mass is 9.88. The van der Waals surface area contributed by atoms with Gasteiger partial charge in [-0.3, -0.25) is 19.2 Å². The van der Waals surface area contributed by atoms with Gasteiger partial charge in [0.2, 0.25) is 23.6 Å². The van der Waals surface area contributed by atoms with Crippen molar-refractivity contribution in [3.05, 3.63) is 0 Å². The van der Waals surface area contributed by atoms with Gasteiger partial charge in [-0.2, -0.15) is 0 Å². The van der Waals surface area contributed by atoms with Crippen LogP contribution in [0.5, 0.6) is 0 Å². The van der Waals surface area contributed by atoms with Crippen LogP contribution in [0.4, 0.5) is 0 Å². The number of aliphatic carboxylic acids is 1. The molecule has 9 fully saturated rings. The van der Waals surface area contributed by atoms with E-state index in [-0.39, 0.29) is 0 Å². The minimum absolute atomic E-state index is 0.861. The first-order valence-electron chi connectivity index (χ1n) is 40.6. The van der Waals surface area contributed by atoms with Crippen molar-refractivity contribution in [2.75, 3.05) is 66.1 Å². The van der Waals surface area contributed by atoms with Crippen LogP contribution in [0.2, 0.25) is 0 Å². The van der Waals surface area contributed by atoms with Crippen molar-refractivity contribution in [1.29, 1.82) is 0 Å². The lowest BCUT2D eigenvalue weighted by molar-refractivity contribution is -0.399. The summed E-state index contributed by atoms with van der Waals surface area (Å²) in [6.07, 6.45) is -99.0. The van der Waals surface area contributed by atoms with E-state index < -0.39 is 408 Å². The molecule has 0 aliphatic carbocycles. The van der Waals surface area contributed by atoms with E-state index in [2.05, 4.69) is 21.3 Å². The lowest BCUT2D eigenvalue weighted by Crippen LogP contribution is -2.71. The van der Waals surface area contributed by atoms with Gasteiger partial charge in [0, 0.05) is 34.1 Å². The predicted molar refractivity (Wildman–Crippen MR) is 394 cm³/mol. The molecule has 0 aromatic carbocycles. The minimum atomic E-state index is -3.25. The number of carbonyl (C=O) groups is 5. The Kier molecular flexibility index (Phi) is 39.2. The normalized spacial score (nSPS) is 45.8. The molecule has 9 saturated heterocycles. The molecule has 9 heterocycles. The van der Waals surface area contributed by atoms with Crippen molar-refractivity contribution in [3.63, 3.8) is 0 Å². The first kappa shape index (κ1) is 107. The first-order chi connectivity index (χ1) is 60.3. The van der Waals surface area contributed by atoms with Gasteiger partial charge in [-0.15, -0.1) is 0 Å². The van der Waals surface area contributed by atoms with Crippen molar-refractivity contribution >= 4 is 29.6 Å². The van der Waals surface area contributed by atoms with E-state index in [0.717, 1.165) is 27.7 Å². The number of nitrogens with one attached hydrogen (secondary N) is 4. The monoisotopic (exact) mass is 1880 g/mol. The van der Waals surface area contributed by atoms with Crippen LogP contribution in [0, 0.1) is 0 Å². The lowest BCUT2D eigenvalue weighted by Gasteiger charge is -2.51. The summed E-state index contributed by atoms with van der Waals surface area (Å²) in [6, 6.07) is -7.69. The average molecular weight is 1880 g/mol. The second-order valence-electron chi connectivity index (χ2n) is 32.2. The summed E-state index contributed by atoms with van der Waals surface area (Å²) in [5.74, 6) is -9.21. The highest BCUT2D eigenvalue weighted by Crippen LogP contribution is 2.42. The zero-order valence-corrected chi connectivity index (χ0v) is 68.9. The number of aliphatic hydroxyl groups is 29. The van der Waals surface area contributed by atoms with Crippen LogP contribution in [-0.4, -0.2) is 555 Å². The second-order valence-corrected chi connectivity index (χ2v) is 32.2. The topological polar surface area (TPSA) is 907 Å². The van der Waals surface area contributed by atoms with Crippen molar-refractivity contribution in [3.8, 4) is 0 Å². The van der Waals surface area contributed by atoms with Crippen LogP contribution in [0.15, 0.2) is 0 Å². The molecule has 0 unspecified atom stereocenters. The van der Waals surface area contributed by atoms with Gasteiger partial charge in [0.1, 0.15) is 226 Å². The van der Waals surface area contributed by atoms with Gasteiger partial charge in [0.15, 0.2) is 50.3 Å². The Hall–Kier alpha value is -4.53. The van der Waals surface area contributed by atoms with Crippen LogP contribution < -0.4 is 21.3 Å². The van der Waals surface area contributed by atoms with E-state index in [1.165, 1.54) is 6.92 Å². The molecule has 0 bridgehead atoms. The smallest absolute Gasteiger partial charge is 0.364 e. The van der Waals surface area contributed by atoms with Gasteiger partial charge in [0.25, 0.3) is 5.79 Å². The van der Waals surface area contributed by atoms with E-state index in [1.807, 2.05) is 0 Å². The summed E-state index contributed by atoms with van der Waals surface area (Å²) >= 11 is 0. The quantitative estimate of drug-likeness (QED) is 0.0273. The van der Waals surface area contributed by atoms with Gasteiger partial charge >= 0.3 is 5.97 Å². The Labute approximate surface area is 724 Å². The Morgan fingerprint density at radius 2 is 0.773 bits per heavy atom. The molecule has 0 spiro atoms. The zero-order valence-electron chi connectivity index (χ0n) is 68.9. The van der Waals surface area contributed by atoms with Crippen LogP contribution in [0.1, 0.15) is 41.0 Å². The molecule has 0 saturated carbocycles. The number of hydrogen-bond acceptors (Lipinski definition) is 52. The summed E-state index contributed by atoms with van der Waals surface area (Å²) in [4.78, 5) is 64.1. The van der Waals surface area contributed by atoms with Crippen molar-refractivity contribution in [2.24, 2.45) is 0 Å². The third-order valence-electron chi connectivity index (χ3n) is 23.0. The van der Waals surface area contributed by atoms with Crippen molar-refractivity contribution in [1.82, 2.24) is 21.3 Å². The number of carboxylic acid groups (broad SMARTS) is 1. The maximum Gasteiger partial charge on any atom is 0.364 e. The number of carboxylic acids is 1. The van der Waals surface area contributed by atoms with Crippen LogP contribution in [-0.2, 0) is 109 Å². The second kappa shape index (κ2) is 46.8. The molecule has 9 rings (SSSR count). The van der Waals surface area contributed by atoms with E-state index in [9.17, 15) is 177 Å². The average Bonchev–Trinajstić information content (AvgIpc) is 0.745. The highest BCUT2D eigenvalue weighted by Gasteiger charge is 2.63. The Balaban J connectivity index is 1.01. The third-order valence-corrected chi connectivity index (χ3v) is 23.0. The number of ether oxygens (including phenoxy) is 18. The van der Waals surface area contributed by atoms with Gasteiger partial charge < -0.3 is 260 Å². The van der Waals surface area contributed by atoms with Gasteiger partial charge in [-0.25, -0.2) is 4.79 Å². The summed E-state index contributed by atoms with van der Waals surface area (Å²) < 4.78 is 105. The Morgan fingerprint density at radius 3 is 1.29 bits per heavy atom. The summed E-state index contributed by atoms with van der Waals surface area (Å²) in [7, 11) is 0. The number of hydrogen-bond donors (Lipinski definition) is 34. The number of rotatable bonds is 38.